The largest absolute Gasteiger partial charge is 0.493 e. The molecule has 1 aromatic carbocycles. The van der Waals surface area contributed by atoms with Crippen LogP contribution >= 0.6 is 0 Å². The smallest absolute Gasteiger partial charge is 0.255 e. The normalized spacial score (nSPS) is 28.1. The molecule has 1 aromatic rings. The minimum absolute atomic E-state index is 0.156. The third-order valence-electron chi connectivity index (χ3n) is 6.15. The van der Waals surface area contributed by atoms with E-state index in [9.17, 15) is 14.4 Å². The van der Waals surface area contributed by atoms with Crippen LogP contribution in [-0.4, -0.2) is 35.3 Å². The SMILES string of the molecule is C[C@H]1CC[C@@H](COc2cccc3c2CN(C2CCC(=O)NC2=O)C3=O)CC1. The second kappa shape index (κ2) is 7.33. The molecular weight excluding hydrogens is 344 g/mol. The lowest BCUT2D eigenvalue weighted by molar-refractivity contribution is -0.136. The molecule has 144 valence electrons. The first-order chi connectivity index (χ1) is 13.0. The zero-order chi connectivity index (χ0) is 19.0. The molecular formula is C21H26N2O4. The molecule has 6 heteroatoms. The quantitative estimate of drug-likeness (QED) is 0.827. The first-order valence-corrected chi connectivity index (χ1v) is 9.92. The van der Waals surface area contributed by atoms with E-state index in [4.69, 9.17) is 4.74 Å². The molecule has 1 atom stereocenters. The lowest BCUT2D eigenvalue weighted by Gasteiger charge is -2.29. The molecule has 0 aromatic heterocycles. The number of fused-ring (bicyclic) bond motifs is 1. The van der Waals surface area contributed by atoms with Gasteiger partial charge in [-0.05, 0) is 43.2 Å². The summed E-state index contributed by atoms with van der Waals surface area (Å²) in [5, 5.41) is 2.34. The molecule has 1 unspecified atom stereocenters. The Bertz CT molecular complexity index is 767. The summed E-state index contributed by atoms with van der Waals surface area (Å²) < 4.78 is 6.12. The standard InChI is InChI=1S/C21H26N2O4/c1-13-5-7-14(8-6-13)12-27-18-4-2-3-15-16(18)11-23(21(15)26)17-9-10-19(24)22-20(17)25/h2-4,13-14,17H,5-12H2,1H3,(H,22,24,25)/t13-,14+,17?. The van der Waals surface area contributed by atoms with Gasteiger partial charge in [0.2, 0.25) is 11.8 Å². The van der Waals surface area contributed by atoms with Crippen LogP contribution in [0.3, 0.4) is 0 Å². The van der Waals surface area contributed by atoms with Crippen molar-refractivity contribution in [1.29, 1.82) is 0 Å². The minimum Gasteiger partial charge on any atom is -0.493 e. The van der Waals surface area contributed by atoms with Crippen molar-refractivity contribution in [2.45, 2.75) is 58.0 Å². The lowest BCUT2D eigenvalue weighted by Crippen LogP contribution is -2.52. The summed E-state index contributed by atoms with van der Waals surface area (Å²) in [6.07, 6.45) is 5.53. The summed E-state index contributed by atoms with van der Waals surface area (Å²) in [5.41, 5.74) is 1.46. The maximum Gasteiger partial charge on any atom is 0.255 e. The number of ether oxygens (including phenoxy) is 1. The van der Waals surface area contributed by atoms with Gasteiger partial charge in [0, 0.05) is 17.5 Å². The molecule has 0 bridgehead atoms. The first-order valence-electron chi connectivity index (χ1n) is 9.92. The summed E-state index contributed by atoms with van der Waals surface area (Å²) >= 11 is 0. The fourth-order valence-corrected chi connectivity index (χ4v) is 4.40. The van der Waals surface area contributed by atoms with Gasteiger partial charge in [0.15, 0.2) is 0 Å². The van der Waals surface area contributed by atoms with Crippen LogP contribution in [-0.2, 0) is 16.1 Å². The van der Waals surface area contributed by atoms with E-state index in [1.165, 1.54) is 25.7 Å². The fraction of sp³-hybridized carbons (Fsp3) is 0.571. The van der Waals surface area contributed by atoms with Gasteiger partial charge >= 0.3 is 0 Å². The molecule has 2 aliphatic heterocycles. The van der Waals surface area contributed by atoms with E-state index in [-0.39, 0.29) is 24.1 Å². The van der Waals surface area contributed by atoms with Gasteiger partial charge < -0.3 is 9.64 Å². The number of rotatable bonds is 4. The highest BCUT2D eigenvalue weighted by molar-refractivity contribution is 6.05. The molecule has 2 fully saturated rings. The average molecular weight is 370 g/mol. The molecule has 1 saturated carbocycles. The fourth-order valence-electron chi connectivity index (χ4n) is 4.40. The monoisotopic (exact) mass is 370 g/mol. The number of hydrogen-bond acceptors (Lipinski definition) is 4. The van der Waals surface area contributed by atoms with Crippen LogP contribution < -0.4 is 10.1 Å². The Kier molecular flexibility index (Phi) is 4.89. The molecule has 0 spiro atoms. The molecule has 6 nitrogen and oxygen atoms in total. The highest BCUT2D eigenvalue weighted by Crippen LogP contribution is 2.35. The zero-order valence-corrected chi connectivity index (χ0v) is 15.7. The van der Waals surface area contributed by atoms with Crippen LogP contribution in [0.15, 0.2) is 18.2 Å². The van der Waals surface area contributed by atoms with Crippen molar-refractivity contribution in [3.05, 3.63) is 29.3 Å². The highest BCUT2D eigenvalue weighted by Gasteiger charge is 2.40. The summed E-state index contributed by atoms with van der Waals surface area (Å²) in [6.45, 7) is 3.34. The van der Waals surface area contributed by atoms with Crippen molar-refractivity contribution in [2.75, 3.05) is 6.61 Å². The number of nitrogens with zero attached hydrogens (tertiary/aromatic N) is 1. The van der Waals surface area contributed by atoms with Crippen LogP contribution in [0.25, 0.3) is 0 Å². The summed E-state index contributed by atoms with van der Waals surface area (Å²) in [5.74, 6) is 1.31. The maximum absolute atomic E-state index is 12.8. The highest BCUT2D eigenvalue weighted by atomic mass is 16.5. The summed E-state index contributed by atoms with van der Waals surface area (Å²) in [6, 6.07) is 4.95. The Morgan fingerprint density at radius 1 is 1.11 bits per heavy atom. The number of nitrogens with one attached hydrogen (secondary N) is 1. The number of imide groups is 1. The third kappa shape index (κ3) is 3.57. The van der Waals surface area contributed by atoms with Crippen molar-refractivity contribution >= 4 is 17.7 Å². The van der Waals surface area contributed by atoms with Crippen molar-refractivity contribution < 1.29 is 19.1 Å². The van der Waals surface area contributed by atoms with E-state index in [2.05, 4.69) is 12.2 Å². The number of amides is 3. The van der Waals surface area contributed by atoms with Gasteiger partial charge in [0.25, 0.3) is 5.91 Å². The summed E-state index contributed by atoms with van der Waals surface area (Å²) in [7, 11) is 0. The molecule has 2 heterocycles. The van der Waals surface area contributed by atoms with Gasteiger partial charge in [-0.25, -0.2) is 0 Å². The van der Waals surface area contributed by atoms with Crippen LogP contribution in [0.5, 0.6) is 5.75 Å². The Morgan fingerprint density at radius 3 is 2.63 bits per heavy atom. The molecule has 27 heavy (non-hydrogen) atoms. The maximum atomic E-state index is 12.8. The Balaban J connectivity index is 1.46. The average Bonchev–Trinajstić information content (AvgIpc) is 2.99. The van der Waals surface area contributed by atoms with Gasteiger partial charge in [-0.15, -0.1) is 0 Å². The second-order valence-electron chi connectivity index (χ2n) is 8.12. The van der Waals surface area contributed by atoms with Gasteiger partial charge in [0.1, 0.15) is 11.8 Å². The first kappa shape index (κ1) is 18.0. The number of piperidine rings is 1. The van der Waals surface area contributed by atoms with Crippen molar-refractivity contribution in [3.63, 3.8) is 0 Å². The predicted octanol–water partition coefficient (Wildman–Crippen LogP) is 2.65. The molecule has 4 rings (SSSR count). The Labute approximate surface area is 159 Å². The van der Waals surface area contributed by atoms with Gasteiger partial charge in [0.05, 0.1) is 13.2 Å². The lowest BCUT2D eigenvalue weighted by atomic mass is 9.83. The number of carbonyl (C=O) groups is 3. The van der Waals surface area contributed by atoms with Gasteiger partial charge in [-0.3, -0.25) is 19.7 Å². The van der Waals surface area contributed by atoms with Crippen LogP contribution in [0.2, 0.25) is 0 Å². The molecule has 3 amide bonds. The Morgan fingerprint density at radius 2 is 1.89 bits per heavy atom. The van der Waals surface area contributed by atoms with Crippen LogP contribution in [0.1, 0.15) is 61.4 Å². The van der Waals surface area contributed by atoms with Crippen molar-refractivity contribution in [3.8, 4) is 5.75 Å². The number of hydrogen-bond donors (Lipinski definition) is 1. The summed E-state index contributed by atoms with van der Waals surface area (Å²) in [4.78, 5) is 38.0. The molecule has 0 radical (unpaired) electrons. The van der Waals surface area contributed by atoms with Gasteiger partial charge in [-0.1, -0.05) is 25.8 Å². The molecule has 3 aliphatic rings. The molecule has 1 aliphatic carbocycles. The molecule has 1 saturated heterocycles. The van der Waals surface area contributed by atoms with E-state index in [0.29, 0.717) is 31.1 Å². The van der Waals surface area contributed by atoms with Gasteiger partial charge in [-0.2, -0.15) is 0 Å². The number of carbonyl (C=O) groups excluding carboxylic acids is 3. The molecule has 1 N–H and O–H groups in total. The Hall–Kier alpha value is -2.37. The van der Waals surface area contributed by atoms with Crippen molar-refractivity contribution in [1.82, 2.24) is 10.2 Å². The second-order valence-corrected chi connectivity index (χ2v) is 8.12. The van der Waals surface area contributed by atoms with E-state index in [1.807, 2.05) is 12.1 Å². The number of benzene rings is 1. The minimum atomic E-state index is -0.588. The van der Waals surface area contributed by atoms with Crippen LogP contribution in [0.4, 0.5) is 0 Å². The predicted molar refractivity (Wildman–Crippen MR) is 99.1 cm³/mol. The third-order valence-corrected chi connectivity index (χ3v) is 6.15. The zero-order valence-electron chi connectivity index (χ0n) is 15.7. The van der Waals surface area contributed by atoms with Crippen LogP contribution in [0, 0.1) is 11.8 Å². The van der Waals surface area contributed by atoms with Crippen molar-refractivity contribution in [2.24, 2.45) is 11.8 Å². The van der Waals surface area contributed by atoms with E-state index < -0.39 is 6.04 Å². The van der Waals surface area contributed by atoms with E-state index >= 15 is 0 Å². The topological polar surface area (TPSA) is 75.7 Å². The van der Waals surface area contributed by atoms with E-state index in [1.54, 1.807) is 11.0 Å². The van der Waals surface area contributed by atoms with E-state index in [0.717, 1.165) is 17.2 Å².